The Kier molecular flexibility index (Phi) is 6.02. The van der Waals surface area contributed by atoms with Crippen molar-refractivity contribution in [1.29, 1.82) is 0 Å². The summed E-state index contributed by atoms with van der Waals surface area (Å²) in [6.07, 6.45) is 1.50. The van der Waals surface area contributed by atoms with E-state index in [1.165, 1.54) is 29.3 Å². The van der Waals surface area contributed by atoms with Crippen LogP contribution in [0.1, 0.15) is 16.3 Å². The number of aryl methyl sites for hydroxylation is 1. The number of thioether (sulfide) groups is 1. The van der Waals surface area contributed by atoms with Crippen LogP contribution in [0.15, 0.2) is 39.8 Å². The lowest BCUT2D eigenvalue weighted by atomic mass is 10.2. The number of carbonyl (C=O) groups is 1. The van der Waals surface area contributed by atoms with Crippen LogP contribution in [0.3, 0.4) is 0 Å². The molecule has 0 saturated heterocycles. The first-order valence-corrected chi connectivity index (χ1v) is 9.78. The third kappa shape index (κ3) is 4.48. The lowest BCUT2D eigenvalue weighted by molar-refractivity contribution is -0.118. The van der Waals surface area contributed by atoms with Crippen LogP contribution in [0.4, 0.5) is 0 Å². The van der Waals surface area contributed by atoms with E-state index in [2.05, 4.69) is 25.8 Å². The first-order chi connectivity index (χ1) is 12.5. The lowest BCUT2D eigenvalue weighted by Crippen LogP contribution is -2.19. The van der Waals surface area contributed by atoms with Crippen molar-refractivity contribution in [2.45, 2.75) is 18.2 Å². The zero-order valence-corrected chi connectivity index (χ0v) is 16.4. The van der Waals surface area contributed by atoms with Crippen LogP contribution in [0.2, 0.25) is 5.15 Å². The van der Waals surface area contributed by atoms with Crippen molar-refractivity contribution in [3.63, 3.8) is 0 Å². The van der Waals surface area contributed by atoms with Crippen molar-refractivity contribution < 1.29 is 4.79 Å². The fourth-order valence-electron chi connectivity index (χ4n) is 2.11. The zero-order chi connectivity index (χ0) is 18.5. The van der Waals surface area contributed by atoms with Crippen LogP contribution in [0.5, 0.6) is 0 Å². The van der Waals surface area contributed by atoms with E-state index in [9.17, 15) is 4.79 Å². The third-order valence-corrected chi connectivity index (χ3v) is 5.59. The zero-order valence-electron chi connectivity index (χ0n) is 14.0. The highest BCUT2D eigenvalue weighted by molar-refractivity contribution is 8.01. The second-order valence-corrected chi connectivity index (χ2v) is 7.97. The summed E-state index contributed by atoms with van der Waals surface area (Å²) in [5, 5.41) is 17.3. The molecule has 2 heterocycles. The van der Waals surface area contributed by atoms with E-state index >= 15 is 0 Å². The second-order valence-electron chi connectivity index (χ2n) is 5.21. The van der Waals surface area contributed by atoms with Gasteiger partial charge < -0.3 is 0 Å². The van der Waals surface area contributed by atoms with Gasteiger partial charge >= 0.3 is 0 Å². The van der Waals surface area contributed by atoms with Gasteiger partial charge in [-0.1, -0.05) is 52.9 Å². The highest BCUT2D eigenvalue weighted by Gasteiger charge is 2.12. The number of hydrogen-bond acceptors (Lipinski definition) is 7. The maximum absolute atomic E-state index is 11.9. The van der Waals surface area contributed by atoms with Gasteiger partial charge in [0, 0.05) is 0 Å². The number of para-hydroxylation sites is 1. The number of rotatable bonds is 6. The minimum Gasteiger partial charge on any atom is -0.272 e. The number of benzene rings is 1. The topological polar surface area (TPSA) is 85.1 Å². The Balaban J connectivity index is 1.61. The highest BCUT2D eigenvalue weighted by atomic mass is 35.5. The molecule has 0 aliphatic heterocycles. The molecule has 0 saturated carbocycles. The van der Waals surface area contributed by atoms with Gasteiger partial charge in [-0.3, -0.25) is 4.79 Å². The van der Waals surface area contributed by atoms with Crippen LogP contribution in [0, 0.1) is 13.8 Å². The molecule has 0 spiro atoms. The summed E-state index contributed by atoms with van der Waals surface area (Å²) in [7, 11) is 0. The van der Waals surface area contributed by atoms with Crippen molar-refractivity contribution in [3.05, 3.63) is 51.7 Å². The molecule has 10 heteroatoms. The normalized spacial score (nSPS) is 11.2. The summed E-state index contributed by atoms with van der Waals surface area (Å²) >= 11 is 8.97. The largest absolute Gasteiger partial charge is 0.272 e. The van der Waals surface area contributed by atoms with Crippen molar-refractivity contribution in [2.24, 2.45) is 5.10 Å². The van der Waals surface area contributed by atoms with Crippen molar-refractivity contribution in [3.8, 4) is 5.69 Å². The molecule has 0 atom stereocenters. The standard InChI is InChI=1S/C16H15ClN6OS2/c1-10-13(15(17)22-23(10)12-6-4-3-5-7-12)8-18-20-14(24)9-25-16-21-19-11(2)26-16/h3-8H,9H2,1-2H3,(H,20,24)/b18-8+. The van der Waals surface area contributed by atoms with E-state index in [1.54, 1.807) is 4.68 Å². The third-order valence-electron chi connectivity index (χ3n) is 3.34. The molecule has 0 radical (unpaired) electrons. The molecule has 1 aromatic carbocycles. The molecular formula is C16H15ClN6OS2. The Hall–Kier alpha value is -2.23. The number of amides is 1. The summed E-state index contributed by atoms with van der Waals surface area (Å²) in [6.45, 7) is 3.76. The number of halogens is 1. The first kappa shape index (κ1) is 18.6. The average Bonchev–Trinajstić information content (AvgIpc) is 3.18. The Labute approximate surface area is 163 Å². The number of nitrogens with one attached hydrogen (secondary N) is 1. The lowest BCUT2D eigenvalue weighted by Gasteiger charge is -2.03. The number of aromatic nitrogens is 4. The molecule has 0 aliphatic rings. The van der Waals surface area contributed by atoms with E-state index < -0.39 is 0 Å². The molecule has 0 bridgehead atoms. The van der Waals surface area contributed by atoms with Gasteiger partial charge in [-0.25, -0.2) is 10.1 Å². The summed E-state index contributed by atoms with van der Waals surface area (Å²) in [5.41, 5.74) is 4.87. The summed E-state index contributed by atoms with van der Waals surface area (Å²) < 4.78 is 2.49. The smallest absolute Gasteiger partial charge is 0.250 e. The minimum atomic E-state index is -0.233. The number of nitrogens with zero attached hydrogens (tertiary/aromatic N) is 5. The predicted octanol–water partition coefficient (Wildman–Crippen LogP) is 3.24. The van der Waals surface area contributed by atoms with Crippen LogP contribution in [-0.2, 0) is 4.79 Å². The van der Waals surface area contributed by atoms with Gasteiger partial charge in [-0.15, -0.1) is 10.2 Å². The molecule has 26 heavy (non-hydrogen) atoms. The van der Waals surface area contributed by atoms with Crippen LogP contribution >= 0.6 is 34.7 Å². The molecule has 7 nitrogen and oxygen atoms in total. The molecule has 2 aromatic heterocycles. The number of hydrazone groups is 1. The molecule has 0 fully saturated rings. The van der Waals surface area contributed by atoms with Gasteiger partial charge in [0.25, 0.3) is 5.91 Å². The van der Waals surface area contributed by atoms with E-state index in [0.717, 1.165) is 20.7 Å². The molecular weight excluding hydrogens is 392 g/mol. The van der Waals surface area contributed by atoms with Crippen molar-refractivity contribution in [1.82, 2.24) is 25.4 Å². The molecule has 3 rings (SSSR count). The molecule has 0 unspecified atom stereocenters. The Morgan fingerprint density at radius 1 is 1.35 bits per heavy atom. The van der Waals surface area contributed by atoms with Crippen LogP contribution in [0.25, 0.3) is 5.69 Å². The quantitative estimate of drug-likeness (QED) is 0.386. The minimum absolute atomic E-state index is 0.210. The van der Waals surface area contributed by atoms with Gasteiger partial charge in [-0.2, -0.15) is 10.2 Å². The molecule has 1 amide bonds. The first-order valence-electron chi connectivity index (χ1n) is 7.60. The van der Waals surface area contributed by atoms with Crippen molar-refractivity contribution in [2.75, 3.05) is 5.75 Å². The molecule has 1 N–H and O–H groups in total. The Morgan fingerprint density at radius 2 is 2.12 bits per heavy atom. The fourth-order valence-corrected chi connectivity index (χ4v) is 3.98. The van der Waals surface area contributed by atoms with E-state index in [-0.39, 0.29) is 11.7 Å². The molecule has 134 valence electrons. The molecule has 3 aromatic rings. The summed E-state index contributed by atoms with van der Waals surface area (Å²) in [4.78, 5) is 11.9. The predicted molar refractivity (Wildman–Crippen MR) is 104 cm³/mol. The fraction of sp³-hybridized carbons (Fsp3) is 0.188. The van der Waals surface area contributed by atoms with Gasteiger partial charge in [0.15, 0.2) is 9.49 Å². The second kappa shape index (κ2) is 8.43. The Morgan fingerprint density at radius 3 is 2.81 bits per heavy atom. The molecule has 0 aliphatic carbocycles. The Bertz CT molecular complexity index is 938. The number of hydrogen-bond donors (Lipinski definition) is 1. The van der Waals surface area contributed by atoms with E-state index in [4.69, 9.17) is 11.6 Å². The van der Waals surface area contributed by atoms with Crippen molar-refractivity contribution >= 4 is 46.8 Å². The van der Waals surface area contributed by atoms with Gasteiger partial charge in [0.2, 0.25) is 0 Å². The van der Waals surface area contributed by atoms with Crippen LogP contribution < -0.4 is 5.43 Å². The average molecular weight is 407 g/mol. The maximum Gasteiger partial charge on any atom is 0.250 e. The summed E-state index contributed by atoms with van der Waals surface area (Å²) in [6, 6.07) is 9.66. The maximum atomic E-state index is 11.9. The van der Waals surface area contributed by atoms with Gasteiger partial charge in [-0.05, 0) is 26.0 Å². The SMILES string of the molecule is Cc1nnc(SCC(=O)N/N=C/c2c(Cl)nn(-c3ccccc3)c2C)s1. The van der Waals surface area contributed by atoms with Gasteiger partial charge in [0.1, 0.15) is 5.01 Å². The van der Waals surface area contributed by atoms with Gasteiger partial charge in [0.05, 0.1) is 28.9 Å². The van der Waals surface area contributed by atoms with E-state index in [0.29, 0.717) is 10.7 Å². The monoisotopic (exact) mass is 406 g/mol. The highest BCUT2D eigenvalue weighted by Crippen LogP contribution is 2.22. The van der Waals surface area contributed by atoms with Crippen LogP contribution in [-0.4, -0.2) is 37.9 Å². The van der Waals surface area contributed by atoms with E-state index in [1.807, 2.05) is 44.2 Å². The summed E-state index contributed by atoms with van der Waals surface area (Å²) in [5.74, 6) is -0.0227. The number of carbonyl (C=O) groups excluding carboxylic acids is 1.